The first kappa shape index (κ1) is 15.0. The van der Waals surface area contributed by atoms with Gasteiger partial charge in [-0.05, 0) is 26.0 Å². The highest BCUT2D eigenvalue weighted by Gasteiger charge is 2.13. The molecule has 21 heavy (non-hydrogen) atoms. The Bertz CT molecular complexity index is 604. The molecular formula is C14H18FN5O. The van der Waals surface area contributed by atoms with Crippen molar-refractivity contribution in [1.82, 2.24) is 15.0 Å². The van der Waals surface area contributed by atoms with Gasteiger partial charge in [0, 0.05) is 20.1 Å². The number of rotatable bonds is 6. The quantitative estimate of drug-likeness (QED) is 0.883. The summed E-state index contributed by atoms with van der Waals surface area (Å²) in [5.41, 5.74) is 0. The molecule has 0 unspecified atom stereocenters. The Morgan fingerprint density at radius 2 is 1.86 bits per heavy atom. The highest BCUT2D eigenvalue weighted by atomic mass is 19.1. The van der Waals surface area contributed by atoms with Crippen LogP contribution in [0.3, 0.4) is 0 Å². The van der Waals surface area contributed by atoms with Crippen LogP contribution < -0.4 is 15.0 Å². The van der Waals surface area contributed by atoms with Crippen LogP contribution in [-0.2, 0) is 0 Å². The molecule has 112 valence electrons. The normalized spacial score (nSPS) is 10.3. The fraction of sp³-hybridized carbons (Fsp3) is 0.357. The van der Waals surface area contributed by atoms with Crippen molar-refractivity contribution in [1.29, 1.82) is 0 Å². The van der Waals surface area contributed by atoms with E-state index in [0.29, 0.717) is 11.9 Å². The zero-order valence-electron chi connectivity index (χ0n) is 12.3. The maximum Gasteiger partial charge on any atom is 0.328 e. The van der Waals surface area contributed by atoms with E-state index in [4.69, 9.17) is 4.74 Å². The van der Waals surface area contributed by atoms with Gasteiger partial charge in [-0.2, -0.15) is 15.0 Å². The standard InChI is InChI=1S/C14H18FN5O/c1-4-20(5-2)13-17-12(16-3)18-14(19-13)21-11-9-7-6-8-10(11)15/h6-9H,4-5H2,1-3H3,(H,16,17,18,19). The Labute approximate surface area is 123 Å². The average Bonchev–Trinajstić information content (AvgIpc) is 2.50. The van der Waals surface area contributed by atoms with E-state index >= 15 is 0 Å². The summed E-state index contributed by atoms with van der Waals surface area (Å²) in [5.74, 6) is 0.480. The van der Waals surface area contributed by atoms with Crippen LogP contribution in [0, 0.1) is 5.82 Å². The Hall–Kier alpha value is -2.44. The summed E-state index contributed by atoms with van der Waals surface area (Å²) in [7, 11) is 1.70. The lowest BCUT2D eigenvalue weighted by molar-refractivity contribution is 0.410. The summed E-state index contributed by atoms with van der Waals surface area (Å²) < 4.78 is 19.1. The molecule has 0 amide bonds. The zero-order chi connectivity index (χ0) is 15.2. The molecule has 0 radical (unpaired) electrons. The Morgan fingerprint density at radius 3 is 2.48 bits per heavy atom. The summed E-state index contributed by atoms with van der Waals surface area (Å²) in [6, 6.07) is 6.18. The number of aromatic nitrogens is 3. The molecule has 0 atom stereocenters. The van der Waals surface area contributed by atoms with E-state index in [1.807, 2.05) is 18.7 Å². The van der Waals surface area contributed by atoms with E-state index < -0.39 is 5.82 Å². The number of hydrogen-bond acceptors (Lipinski definition) is 6. The number of halogens is 1. The molecule has 0 spiro atoms. The topological polar surface area (TPSA) is 63.2 Å². The van der Waals surface area contributed by atoms with Gasteiger partial charge in [0.2, 0.25) is 11.9 Å². The van der Waals surface area contributed by atoms with Gasteiger partial charge in [0.15, 0.2) is 11.6 Å². The van der Waals surface area contributed by atoms with E-state index in [0.717, 1.165) is 13.1 Å². The first-order chi connectivity index (χ1) is 10.2. The number of nitrogens with one attached hydrogen (secondary N) is 1. The second-order valence-electron chi connectivity index (χ2n) is 4.20. The third kappa shape index (κ3) is 3.56. The molecule has 6 nitrogen and oxygen atoms in total. The van der Waals surface area contributed by atoms with E-state index in [-0.39, 0.29) is 11.8 Å². The van der Waals surface area contributed by atoms with Crippen molar-refractivity contribution >= 4 is 11.9 Å². The van der Waals surface area contributed by atoms with Crippen molar-refractivity contribution in [2.45, 2.75) is 13.8 Å². The summed E-state index contributed by atoms with van der Waals surface area (Å²) in [6.45, 7) is 5.51. The van der Waals surface area contributed by atoms with Crippen molar-refractivity contribution in [2.75, 3.05) is 30.4 Å². The number of benzene rings is 1. The van der Waals surface area contributed by atoms with Crippen LogP contribution in [0.1, 0.15) is 13.8 Å². The SMILES string of the molecule is CCN(CC)c1nc(NC)nc(Oc2ccccc2F)n1. The first-order valence-corrected chi connectivity index (χ1v) is 6.79. The number of nitrogens with zero attached hydrogens (tertiary/aromatic N) is 4. The number of anilines is 2. The summed E-state index contributed by atoms with van der Waals surface area (Å²) in [6.07, 6.45) is 0. The summed E-state index contributed by atoms with van der Waals surface area (Å²) in [4.78, 5) is 14.6. The minimum atomic E-state index is -0.465. The second-order valence-corrected chi connectivity index (χ2v) is 4.20. The molecule has 0 aliphatic rings. The van der Waals surface area contributed by atoms with E-state index in [9.17, 15) is 4.39 Å². The van der Waals surface area contributed by atoms with Crippen molar-refractivity contribution in [2.24, 2.45) is 0 Å². The van der Waals surface area contributed by atoms with Crippen molar-refractivity contribution in [3.05, 3.63) is 30.1 Å². The van der Waals surface area contributed by atoms with E-state index in [2.05, 4.69) is 20.3 Å². The molecule has 0 saturated carbocycles. The van der Waals surface area contributed by atoms with E-state index in [1.165, 1.54) is 12.1 Å². The maximum absolute atomic E-state index is 13.6. The first-order valence-electron chi connectivity index (χ1n) is 6.79. The maximum atomic E-state index is 13.6. The van der Waals surface area contributed by atoms with E-state index in [1.54, 1.807) is 19.2 Å². The van der Waals surface area contributed by atoms with Crippen LogP contribution in [0.5, 0.6) is 11.8 Å². The minimum Gasteiger partial charge on any atom is -0.421 e. The molecule has 1 heterocycles. The summed E-state index contributed by atoms with van der Waals surface area (Å²) in [5, 5.41) is 2.85. The van der Waals surface area contributed by atoms with Gasteiger partial charge in [-0.1, -0.05) is 12.1 Å². The average molecular weight is 291 g/mol. The molecule has 1 aromatic carbocycles. The lowest BCUT2D eigenvalue weighted by Gasteiger charge is -2.19. The van der Waals surface area contributed by atoms with Crippen molar-refractivity contribution in [3.63, 3.8) is 0 Å². The van der Waals surface area contributed by atoms with Gasteiger partial charge in [0.1, 0.15) is 0 Å². The number of para-hydroxylation sites is 1. The Kier molecular flexibility index (Phi) is 4.86. The second kappa shape index (κ2) is 6.83. The molecule has 0 aliphatic heterocycles. The van der Waals surface area contributed by atoms with Gasteiger partial charge in [-0.25, -0.2) is 4.39 Å². The lowest BCUT2D eigenvalue weighted by Crippen LogP contribution is -2.25. The molecular weight excluding hydrogens is 273 g/mol. The molecule has 2 aromatic rings. The third-order valence-electron chi connectivity index (χ3n) is 2.91. The minimum absolute atomic E-state index is 0.0568. The van der Waals surface area contributed by atoms with Crippen LogP contribution in [0.2, 0.25) is 0 Å². The third-order valence-corrected chi connectivity index (χ3v) is 2.91. The van der Waals surface area contributed by atoms with Crippen LogP contribution in [0.15, 0.2) is 24.3 Å². The Morgan fingerprint density at radius 1 is 1.14 bits per heavy atom. The Balaban J connectivity index is 2.35. The lowest BCUT2D eigenvalue weighted by atomic mass is 10.3. The van der Waals surface area contributed by atoms with Crippen LogP contribution in [0.25, 0.3) is 0 Å². The predicted octanol–water partition coefficient (Wildman–Crippen LogP) is 2.69. The fourth-order valence-electron chi connectivity index (χ4n) is 1.78. The van der Waals surface area contributed by atoms with Gasteiger partial charge in [0.05, 0.1) is 0 Å². The molecule has 1 N–H and O–H groups in total. The molecule has 0 aliphatic carbocycles. The van der Waals surface area contributed by atoms with Crippen molar-refractivity contribution in [3.8, 4) is 11.8 Å². The predicted molar refractivity (Wildman–Crippen MR) is 79.4 cm³/mol. The molecule has 0 bridgehead atoms. The molecule has 0 saturated heterocycles. The fourth-order valence-corrected chi connectivity index (χ4v) is 1.78. The number of hydrogen-bond donors (Lipinski definition) is 1. The molecule has 1 aromatic heterocycles. The molecule has 2 rings (SSSR count). The van der Waals surface area contributed by atoms with Gasteiger partial charge < -0.3 is 15.0 Å². The van der Waals surface area contributed by atoms with Gasteiger partial charge in [0.25, 0.3) is 0 Å². The smallest absolute Gasteiger partial charge is 0.328 e. The molecule has 7 heteroatoms. The van der Waals surface area contributed by atoms with Gasteiger partial charge in [-0.15, -0.1) is 0 Å². The highest BCUT2D eigenvalue weighted by molar-refractivity contribution is 5.39. The van der Waals surface area contributed by atoms with Gasteiger partial charge in [-0.3, -0.25) is 0 Å². The molecule has 0 fully saturated rings. The van der Waals surface area contributed by atoms with Crippen LogP contribution in [-0.4, -0.2) is 35.1 Å². The highest BCUT2D eigenvalue weighted by Crippen LogP contribution is 2.23. The largest absolute Gasteiger partial charge is 0.421 e. The van der Waals surface area contributed by atoms with Gasteiger partial charge >= 0.3 is 6.01 Å². The van der Waals surface area contributed by atoms with Crippen LogP contribution in [0.4, 0.5) is 16.3 Å². The number of ether oxygens (including phenoxy) is 1. The van der Waals surface area contributed by atoms with Crippen molar-refractivity contribution < 1.29 is 9.13 Å². The summed E-state index contributed by atoms with van der Waals surface area (Å²) >= 11 is 0. The van der Waals surface area contributed by atoms with Crippen LogP contribution >= 0.6 is 0 Å². The monoisotopic (exact) mass is 291 g/mol. The zero-order valence-corrected chi connectivity index (χ0v) is 12.3.